The zero-order valence-corrected chi connectivity index (χ0v) is 34.7. The second-order valence-corrected chi connectivity index (χ2v) is 18.5. The van der Waals surface area contributed by atoms with E-state index in [0.717, 1.165) is 36.0 Å². The summed E-state index contributed by atoms with van der Waals surface area (Å²) in [4.78, 5) is 44.3. The van der Waals surface area contributed by atoms with Crippen molar-refractivity contribution >= 4 is 67.2 Å². The van der Waals surface area contributed by atoms with Gasteiger partial charge < -0.3 is 24.0 Å². The minimum absolute atomic E-state index is 0.0356. The molecule has 3 fully saturated rings. The van der Waals surface area contributed by atoms with E-state index in [0.29, 0.717) is 25.9 Å². The molecule has 5 heterocycles. The average Bonchev–Trinajstić information content (AvgIpc) is 3.89. The van der Waals surface area contributed by atoms with Crippen molar-refractivity contribution in [3.63, 3.8) is 0 Å². The van der Waals surface area contributed by atoms with E-state index < -0.39 is 69.3 Å². The van der Waals surface area contributed by atoms with E-state index in [4.69, 9.17) is 25.8 Å². The number of anilines is 2. The van der Waals surface area contributed by atoms with Gasteiger partial charge in [0.05, 0.1) is 31.9 Å². The first-order chi connectivity index (χ1) is 27.0. The molecule has 314 valence electrons. The Bertz CT molecular complexity index is 2260. The van der Waals surface area contributed by atoms with Gasteiger partial charge in [-0.25, -0.2) is 23.4 Å². The fraction of sp³-hybridized carbons (Fsp3) is 0.564. The molecule has 0 bridgehead atoms. The van der Waals surface area contributed by atoms with E-state index in [-0.39, 0.29) is 69.8 Å². The number of benzene rings is 2. The highest BCUT2D eigenvalue weighted by atomic mass is 35.5. The van der Waals surface area contributed by atoms with Crippen LogP contribution in [0.15, 0.2) is 18.2 Å². The number of alkyl halides is 4. The van der Waals surface area contributed by atoms with Crippen molar-refractivity contribution in [2.75, 3.05) is 50.1 Å². The van der Waals surface area contributed by atoms with Gasteiger partial charge in [0.25, 0.3) is 0 Å². The van der Waals surface area contributed by atoms with Crippen LogP contribution in [-0.2, 0) is 15.7 Å². The number of carbonyl (C=O) groups excluding carboxylic acids is 2. The maximum Gasteiger partial charge on any atom is 0.417 e. The number of ether oxygens (including phenoxy) is 3. The maximum atomic E-state index is 15.3. The van der Waals surface area contributed by atoms with E-state index in [2.05, 4.69) is 25.2 Å². The molecule has 1 N–H and O–H groups in total. The van der Waals surface area contributed by atoms with Gasteiger partial charge in [0.2, 0.25) is 0 Å². The van der Waals surface area contributed by atoms with Crippen LogP contribution in [0.5, 0.6) is 6.01 Å². The molecule has 0 unspecified atom stereocenters. The summed E-state index contributed by atoms with van der Waals surface area (Å²) in [5, 5.41) is 1.84. The van der Waals surface area contributed by atoms with Gasteiger partial charge in [-0.1, -0.05) is 22.9 Å². The first kappa shape index (κ1) is 41.9. The molecule has 3 aliphatic heterocycles. The Morgan fingerprint density at radius 3 is 2.45 bits per heavy atom. The predicted molar refractivity (Wildman–Crippen MR) is 211 cm³/mol. The van der Waals surface area contributed by atoms with Gasteiger partial charge in [-0.05, 0) is 85.5 Å². The second kappa shape index (κ2) is 15.1. The standard InChI is InChI=1S/C39H45ClF5N7O5S/c1-36(2,3)56-34(53)49-33-47-29-22(9-10-25(42)30(29)58-33)26-24(39(43,44)45)15-23-28(27(26)40)46-32(55-19-38-12-8-13-52(38)17-20(41)16-38)48-31(23)50(7)21-11-14-51(18-21)35(54)57-37(4,5)6/h9-10,15,20-21H,8,11-14,16-19H2,1-7H3,(H,47,49,53)/t20-,21-,38+/m1/s1. The molecule has 58 heavy (non-hydrogen) atoms. The quantitative estimate of drug-likeness (QED) is 0.180. The number of carbonyl (C=O) groups is 2. The van der Waals surface area contributed by atoms with Crippen LogP contribution >= 0.6 is 22.9 Å². The summed E-state index contributed by atoms with van der Waals surface area (Å²) in [5.41, 5.74) is -4.31. The molecule has 0 spiro atoms. The number of hydrogen-bond acceptors (Lipinski definition) is 11. The smallest absolute Gasteiger partial charge is 0.417 e. The van der Waals surface area contributed by atoms with Crippen LogP contribution < -0.4 is 15.0 Å². The van der Waals surface area contributed by atoms with Crippen LogP contribution in [-0.4, -0.2) is 106 Å². The zero-order chi connectivity index (χ0) is 42.1. The van der Waals surface area contributed by atoms with Gasteiger partial charge in [0.1, 0.15) is 35.6 Å². The lowest BCUT2D eigenvalue weighted by Crippen LogP contribution is -2.43. The third-order valence-electron chi connectivity index (χ3n) is 10.5. The second-order valence-electron chi connectivity index (χ2n) is 17.1. The molecule has 0 saturated carbocycles. The van der Waals surface area contributed by atoms with Crippen LogP contribution in [0.25, 0.3) is 32.2 Å². The van der Waals surface area contributed by atoms with Gasteiger partial charge in [0.15, 0.2) is 5.13 Å². The number of likely N-dealkylation sites (N-methyl/N-ethyl adjacent to an activating group) is 1. The number of hydrogen-bond donors (Lipinski definition) is 1. The Labute approximate surface area is 341 Å². The molecule has 0 aliphatic carbocycles. The van der Waals surface area contributed by atoms with E-state index in [9.17, 15) is 14.0 Å². The first-order valence-corrected chi connectivity index (χ1v) is 20.1. The minimum Gasteiger partial charge on any atom is -0.461 e. The third-order valence-corrected chi connectivity index (χ3v) is 11.8. The number of halogens is 6. The third kappa shape index (κ3) is 8.41. The molecule has 3 aliphatic rings. The molecule has 19 heteroatoms. The fourth-order valence-electron chi connectivity index (χ4n) is 8.00. The molecule has 3 saturated heterocycles. The number of thiazole rings is 1. The van der Waals surface area contributed by atoms with Crippen molar-refractivity contribution < 1.29 is 45.8 Å². The van der Waals surface area contributed by atoms with Gasteiger partial charge >= 0.3 is 24.4 Å². The van der Waals surface area contributed by atoms with Crippen LogP contribution in [0.3, 0.4) is 0 Å². The Morgan fingerprint density at radius 1 is 1.03 bits per heavy atom. The van der Waals surface area contributed by atoms with E-state index in [1.54, 1.807) is 53.5 Å². The molecule has 2 aromatic carbocycles. The monoisotopic (exact) mass is 853 g/mol. The summed E-state index contributed by atoms with van der Waals surface area (Å²) in [6, 6.07) is 2.46. The minimum atomic E-state index is -5.00. The summed E-state index contributed by atoms with van der Waals surface area (Å²) in [6.45, 7) is 11.8. The molecule has 2 amide bonds. The number of fused-ring (bicyclic) bond motifs is 3. The van der Waals surface area contributed by atoms with Gasteiger partial charge in [0, 0.05) is 55.7 Å². The number of nitrogens with zero attached hydrogens (tertiary/aromatic N) is 6. The van der Waals surface area contributed by atoms with E-state index >= 15 is 17.6 Å². The lowest BCUT2D eigenvalue weighted by Gasteiger charge is -2.31. The average molecular weight is 854 g/mol. The first-order valence-electron chi connectivity index (χ1n) is 19.0. The van der Waals surface area contributed by atoms with Crippen molar-refractivity contribution in [3.05, 3.63) is 34.6 Å². The lowest BCUT2D eigenvalue weighted by molar-refractivity contribution is -0.137. The number of likely N-dealkylation sites (tertiary alicyclic amines) is 1. The summed E-state index contributed by atoms with van der Waals surface area (Å²) in [5.74, 6) is -0.715. The zero-order valence-electron chi connectivity index (χ0n) is 33.2. The van der Waals surface area contributed by atoms with Crippen LogP contribution in [0.2, 0.25) is 5.02 Å². The number of nitrogens with one attached hydrogen (secondary N) is 1. The largest absolute Gasteiger partial charge is 0.461 e. The summed E-state index contributed by atoms with van der Waals surface area (Å²) in [7, 11) is 1.66. The van der Waals surface area contributed by atoms with Crippen molar-refractivity contribution in [3.8, 4) is 17.1 Å². The highest BCUT2D eigenvalue weighted by molar-refractivity contribution is 7.22. The molecule has 0 radical (unpaired) electrons. The Hall–Kier alpha value is -4.29. The molecule has 4 aromatic rings. The Balaban J connectivity index is 1.36. The molecule has 3 atom stereocenters. The van der Waals surface area contributed by atoms with Gasteiger partial charge in [-0.3, -0.25) is 10.2 Å². The lowest BCUT2D eigenvalue weighted by atomic mass is 9.95. The van der Waals surface area contributed by atoms with Crippen molar-refractivity contribution in [1.82, 2.24) is 24.8 Å². The van der Waals surface area contributed by atoms with Crippen LogP contribution in [0.1, 0.15) is 72.8 Å². The normalized spacial score (nSPS) is 21.5. The van der Waals surface area contributed by atoms with E-state index in [1.807, 2.05) is 0 Å². The summed E-state index contributed by atoms with van der Waals surface area (Å²) < 4.78 is 92.8. The van der Waals surface area contributed by atoms with Gasteiger partial charge in [-0.2, -0.15) is 23.1 Å². The highest BCUT2D eigenvalue weighted by Crippen LogP contribution is 2.49. The highest BCUT2D eigenvalue weighted by Gasteiger charge is 2.49. The summed E-state index contributed by atoms with van der Waals surface area (Å²) in [6.07, 6.45) is -5.19. The summed E-state index contributed by atoms with van der Waals surface area (Å²) >= 11 is 7.78. The van der Waals surface area contributed by atoms with Crippen molar-refractivity contribution in [1.29, 1.82) is 0 Å². The SMILES string of the molecule is CN(c1nc(OC[C@@]23CCCN2C[C@H](F)C3)nc2c(Cl)c(-c3ccc(F)c4sc(NC(=O)OC(C)(C)C)nc34)c(C(F)(F)F)cc12)[C@@H]1CCN(C(=O)OC(C)(C)C)C1. The molecule has 12 nitrogen and oxygen atoms in total. The number of aromatic nitrogens is 3. The number of amides is 2. The van der Waals surface area contributed by atoms with Crippen molar-refractivity contribution in [2.24, 2.45) is 0 Å². The Kier molecular flexibility index (Phi) is 10.9. The van der Waals surface area contributed by atoms with Gasteiger partial charge in [-0.15, -0.1) is 0 Å². The Morgan fingerprint density at radius 2 is 1.76 bits per heavy atom. The predicted octanol–water partition coefficient (Wildman–Crippen LogP) is 9.47. The number of rotatable bonds is 7. The molecule has 2 aromatic heterocycles. The van der Waals surface area contributed by atoms with Crippen LogP contribution in [0, 0.1) is 5.82 Å². The topological polar surface area (TPSA) is 122 Å². The molecular weight excluding hydrogens is 809 g/mol. The maximum absolute atomic E-state index is 15.3. The molecule has 7 rings (SSSR count). The van der Waals surface area contributed by atoms with E-state index in [1.165, 1.54) is 4.90 Å². The van der Waals surface area contributed by atoms with Crippen LogP contribution in [0.4, 0.5) is 42.5 Å². The van der Waals surface area contributed by atoms with Crippen molar-refractivity contribution in [2.45, 2.75) is 102 Å². The fourth-order valence-corrected chi connectivity index (χ4v) is 9.23. The molecular formula is C39H45ClF5N7O5S.